The average molecular weight is 564 g/mol. The maximum absolute atomic E-state index is 14.9. The number of benzene rings is 2. The lowest BCUT2D eigenvalue weighted by Gasteiger charge is -2.38. The second-order valence-corrected chi connectivity index (χ2v) is 12.1. The Morgan fingerprint density at radius 1 is 1.20 bits per heavy atom. The average Bonchev–Trinajstić information content (AvgIpc) is 3.46. The molecule has 2 aromatic heterocycles. The highest BCUT2D eigenvalue weighted by atomic mass is 32.1. The van der Waals surface area contributed by atoms with Gasteiger partial charge >= 0.3 is 5.97 Å². The fourth-order valence-corrected chi connectivity index (χ4v) is 7.58. The molecule has 7 rings (SSSR count). The number of anilines is 1. The maximum Gasteiger partial charge on any atom is 0.335 e. The van der Waals surface area contributed by atoms with Gasteiger partial charge in [-0.2, -0.15) is 0 Å². The summed E-state index contributed by atoms with van der Waals surface area (Å²) >= 11 is 1.51. The molecule has 2 aliphatic heterocycles. The van der Waals surface area contributed by atoms with E-state index in [1.54, 1.807) is 12.1 Å². The molecule has 0 radical (unpaired) electrons. The van der Waals surface area contributed by atoms with Gasteiger partial charge in [-0.3, -0.25) is 0 Å². The summed E-state index contributed by atoms with van der Waals surface area (Å²) in [6.45, 7) is 2.24. The topological polar surface area (TPSA) is 97.9 Å². The molecule has 3 atom stereocenters. The SMILES string of the molecule is COc1cc(C(=O)O)cc2sc(N3[C@@H]4CC[C@H]3C[C@H](OCc3c(-c5c(C)cccc5F)noc3C3CC3)C4)nc12. The smallest absolute Gasteiger partial charge is 0.335 e. The van der Waals surface area contributed by atoms with Gasteiger partial charge in [-0.25, -0.2) is 14.2 Å². The molecular formula is C30H30FN3O5S. The first-order chi connectivity index (χ1) is 19.4. The summed E-state index contributed by atoms with van der Waals surface area (Å²) in [7, 11) is 1.54. The second kappa shape index (κ2) is 9.85. The number of hydrogen-bond donors (Lipinski definition) is 1. The van der Waals surface area contributed by atoms with E-state index < -0.39 is 5.97 Å². The number of aromatic carboxylic acids is 1. The van der Waals surface area contributed by atoms with Crippen molar-refractivity contribution in [3.05, 3.63) is 58.6 Å². The zero-order valence-corrected chi connectivity index (χ0v) is 23.2. The molecule has 208 valence electrons. The second-order valence-electron chi connectivity index (χ2n) is 11.1. The lowest BCUT2D eigenvalue weighted by Crippen LogP contribution is -2.45. The number of aryl methyl sites for hydroxylation is 1. The lowest BCUT2D eigenvalue weighted by atomic mass is 9.99. The number of hydrogen-bond acceptors (Lipinski definition) is 8. The van der Waals surface area contributed by atoms with Gasteiger partial charge < -0.3 is 24.0 Å². The molecule has 0 unspecified atom stereocenters. The summed E-state index contributed by atoms with van der Waals surface area (Å²) in [5.41, 5.74) is 3.63. The predicted octanol–water partition coefficient (Wildman–Crippen LogP) is 6.70. The van der Waals surface area contributed by atoms with Gasteiger partial charge in [0.15, 0.2) is 5.13 Å². The van der Waals surface area contributed by atoms with Crippen molar-refractivity contribution >= 4 is 32.7 Å². The number of carbonyl (C=O) groups is 1. The number of thiazole rings is 1. The molecule has 1 aliphatic carbocycles. The molecule has 0 amide bonds. The minimum Gasteiger partial charge on any atom is -0.494 e. The number of carboxylic acid groups (broad SMARTS) is 1. The van der Waals surface area contributed by atoms with Crippen molar-refractivity contribution in [1.29, 1.82) is 0 Å². The summed E-state index contributed by atoms with van der Waals surface area (Å²) in [4.78, 5) is 18.9. The molecule has 3 aliphatic rings. The summed E-state index contributed by atoms with van der Waals surface area (Å²) in [6, 6.07) is 8.84. The van der Waals surface area contributed by atoms with Crippen LogP contribution in [0.3, 0.4) is 0 Å². The Hall–Kier alpha value is -3.50. The summed E-state index contributed by atoms with van der Waals surface area (Å²) in [5, 5.41) is 14.7. The van der Waals surface area contributed by atoms with E-state index in [1.165, 1.54) is 30.6 Å². The predicted molar refractivity (Wildman–Crippen MR) is 149 cm³/mol. The molecule has 3 fully saturated rings. The van der Waals surface area contributed by atoms with Crippen LogP contribution in [0.5, 0.6) is 5.75 Å². The fraction of sp³-hybridized carbons (Fsp3) is 0.433. The third-order valence-corrected chi connectivity index (χ3v) is 9.53. The minimum atomic E-state index is -0.987. The molecule has 10 heteroatoms. The van der Waals surface area contributed by atoms with Crippen LogP contribution in [-0.4, -0.2) is 46.5 Å². The highest BCUT2D eigenvalue weighted by molar-refractivity contribution is 7.22. The van der Waals surface area contributed by atoms with Gasteiger partial charge in [0.25, 0.3) is 0 Å². The fourth-order valence-electron chi connectivity index (χ4n) is 6.41. The molecule has 8 nitrogen and oxygen atoms in total. The van der Waals surface area contributed by atoms with E-state index >= 15 is 0 Å². The molecular weight excluding hydrogens is 533 g/mol. The molecule has 2 saturated heterocycles. The highest BCUT2D eigenvalue weighted by Gasteiger charge is 2.43. The van der Waals surface area contributed by atoms with Crippen LogP contribution in [0, 0.1) is 12.7 Å². The van der Waals surface area contributed by atoms with E-state index in [4.69, 9.17) is 19.0 Å². The van der Waals surface area contributed by atoms with Gasteiger partial charge in [-0.05, 0) is 69.2 Å². The van der Waals surface area contributed by atoms with Crippen LogP contribution in [0.25, 0.3) is 21.5 Å². The molecule has 2 aromatic carbocycles. The Balaban J connectivity index is 1.11. The lowest BCUT2D eigenvalue weighted by molar-refractivity contribution is 0.0147. The first-order valence-corrected chi connectivity index (χ1v) is 14.6. The normalized spacial score (nSPS) is 22.3. The quantitative estimate of drug-likeness (QED) is 0.253. The van der Waals surface area contributed by atoms with Gasteiger partial charge in [0, 0.05) is 29.1 Å². The van der Waals surface area contributed by atoms with E-state index in [2.05, 4.69) is 10.1 Å². The highest BCUT2D eigenvalue weighted by Crippen LogP contribution is 2.47. The first kappa shape index (κ1) is 25.5. The van der Waals surface area contributed by atoms with Crippen molar-refractivity contribution in [1.82, 2.24) is 10.1 Å². The Bertz CT molecular complexity index is 1580. The van der Waals surface area contributed by atoms with Crippen LogP contribution in [0.1, 0.15) is 71.7 Å². The van der Waals surface area contributed by atoms with Crippen molar-refractivity contribution in [2.24, 2.45) is 0 Å². The number of rotatable bonds is 8. The van der Waals surface area contributed by atoms with Crippen molar-refractivity contribution in [2.45, 2.75) is 76.2 Å². The van der Waals surface area contributed by atoms with Crippen LogP contribution in [-0.2, 0) is 11.3 Å². The van der Waals surface area contributed by atoms with Gasteiger partial charge in [-0.1, -0.05) is 28.6 Å². The zero-order valence-electron chi connectivity index (χ0n) is 22.4. The van der Waals surface area contributed by atoms with E-state index in [0.717, 1.165) is 65.2 Å². The molecule has 4 aromatic rings. The molecule has 1 saturated carbocycles. The van der Waals surface area contributed by atoms with E-state index in [0.29, 0.717) is 35.0 Å². The van der Waals surface area contributed by atoms with E-state index in [1.807, 2.05) is 13.0 Å². The minimum absolute atomic E-state index is 0.0628. The number of piperidine rings is 1. The van der Waals surface area contributed by atoms with Gasteiger partial charge in [-0.15, -0.1) is 0 Å². The van der Waals surface area contributed by atoms with Crippen molar-refractivity contribution in [3.8, 4) is 17.0 Å². The van der Waals surface area contributed by atoms with E-state index in [-0.39, 0.29) is 29.6 Å². The number of fused-ring (bicyclic) bond motifs is 3. The van der Waals surface area contributed by atoms with Crippen LogP contribution in [0.2, 0.25) is 0 Å². The van der Waals surface area contributed by atoms with Crippen molar-refractivity contribution in [2.75, 3.05) is 12.0 Å². The first-order valence-electron chi connectivity index (χ1n) is 13.8. The maximum atomic E-state index is 14.9. The number of nitrogens with zero attached hydrogens (tertiary/aromatic N) is 3. The van der Waals surface area contributed by atoms with Crippen LogP contribution in [0.15, 0.2) is 34.9 Å². The van der Waals surface area contributed by atoms with Crippen LogP contribution < -0.4 is 9.64 Å². The zero-order chi connectivity index (χ0) is 27.5. The largest absolute Gasteiger partial charge is 0.494 e. The monoisotopic (exact) mass is 563 g/mol. The molecule has 40 heavy (non-hydrogen) atoms. The van der Waals surface area contributed by atoms with Gasteiger partial charge in [0.2, 0.25) is 0 Å². The number of aromatic nitrogens is 2. The van der Waals surface area contributed by atoms with Gasteiger partial charge in [0.1, 0.15) is 28.5 Å². The van der Waals surface area contributed by atoms with E-state index in [9.17, 15) is 14.3 Å². The molecule has 2 bridgehead atoms. The Kier molecular flexibility index (Phi) is 6.27. The Labute approximate surface area is 234 Å². The number of ether oxygens (including phenoxy) is 2. The van der Waals surface area contributed by atoms with Crippen LogP contribution >= 0.6 is 11.3 Å². The Morgan fingerprint density at radius 2 is 1.98 bits per heavy atom. The Morgan fingerprint density at radius 3 is 2.65 bits per heavy atom. The van der Waals surface area contributed by atoms with Crippen molar-refractivity contribution < 1.29 is 28.3 Å². The molecule has 1 N–H and O–H groups in total. The van der Waals surface area contributed by atoms with Gasteiger partial charge in [0.05, 0.1) is 30.1 Å². The third-order valence-electron chi connectivity index (χ3n) is 8.52. The number of halogens is 1. The molecule has 4 heterocycles. The van der Waals surface area contributed by atoms with Crippen molar-refractivity contribution in [3.63, 3.8) is 0 Å². The number of carboxylic acids is 1. The summed E-state index contributed by atoms with van der Waals surface area (Å²) < 4.78 is 33.4. The molecule has 0 spiro atoms. The van der Waals surface area contributed by atoms with Crippen LogP contribution in [0.4, 0.5) is 9.52 Å². The summed E-state index contributed by atoms with van der Waals surface area (Å²) in [5.74, 6) is 0.360. The standard InChI is InChI=1S/C30H30FN3O5S/c1-15-4-3-5-22(31)25(15)26-21(28(39-33-26)16-6-7-16)14-38-20-12-18-8-9-19(13-20)34(18)30-32-27-23(37-2)10-17(29(35)36)11-24(27)40-30/h3-5,10-11,16,18-20H,6-9,12-14H2,1-2H3,(H,35,36)/t18-,19+,20-. The number of methoxy groups -OCH3 is 1. The third kappa shape index (κ3) is 4.34. The summed E-state index contributed by atoms with van der Waals surface area (Å²) in [6.07, 6.45) is 6.01.